The van der Waals surface area contributed by atoms with E-state index in [1.54, 1.807) is 36.1 Å². The summed E-state index contributed by atoms with van der Waals surface area (Å²) in [6.45, 7) is 7.17. The summed E-state index contributed by atoms with van der Waals surface area (Å²) < 4.78 is 1.59. The van der Waals surface area contributed by atoms with Crippen LogP contribution in [0.4, 0.5) is 0 Å². The second kappa shape index (κ2) is 6.31. The minimum absolute atomic E-state index is 0.148. The number of rotatable bonds is 2. The summed E-state index contributed by atoms with van der Waals surface area (Å²) in [6.07, 6.45) is 2.32. The lowest BCUT2D eigenvalue weighted by molar-refractivity contribution is 0.0175. The Kier molecular flexibility index (Phi) is 4.32. The zero-order valence-corrected chi connectivity index (χ0v) is 15.1. The van der Waals surface area contributed by atoms with Crippen LogP contribution in [0.5, 0.6) is 0 Å². The fourth-order valence-corrected chi connectivity index (χ4v) is 2.82. The van der Waals surface area contributed by atoms with E-state index >= 15 is 0 Å². The molecular weight excluding hydrogens is 318 g/mol. The van der Waals surface area contributed by atoms with Crippen LogP contribution in [0, 0.1) is 0 Å². The minimum Gasteiger partial charge on any atom is -0.265 e. The second-order valence-corrected chi connectivity index (χ2v) is 7.21. The number of hydrogen-bond acceptors (Lipinski definition) is 4. The van der Waals surface area contributed by atoms with Crippen molar-refractivity contribution in [1.82, 2.24) is 24.8 Å². The highest BCUT2D eigenvalue weighted by atomic mass is 16.2. The Labute approximate surface area is 147 Å². The number of nitrogens with zero attached hydrogens (tertiary/aromatic N) is 5. The van der Waals surface area contributed by atoms with Crippen molar-refractivity contribution in [2.45, 2.75) is 32.6 Å². The number of hydrazine groups is 1. The largest absolute Gasteiger partial charge is 0.291 e. The SMILES string of the molecule is Cn1nc(C(C)(C)C)cc1C(=O)N1CCCN1C(=O)c1ccccn1. The third-order valence-corrected chi connectivity index (χ3v) is 4.25. The molecule has 1 fully saturated rings. The number of pyridine rings is 1. The average Bonchev–Trinajstić information content (AvgIpc) is 3.20. The summed E-state index contributed by atoms with van der Waals surface area (Å²) in [5, 5.41) is 7.44. The monoisotopic (exact) mass is 341 g/mol. The van der Waals surface area contributed by atoms with Crippen LogP contribution >= 0.6 is 0 Å². The quantitative estimate of drug-likeness (QED) is 0.838. The average molecular weight is 341 g/mol. The fraction of sp³-hybridized carbons (Fsp3) is 0.444. The van der Waals surface area contributed by atoms with Gasteiger partial charge in [-0.3, -0.25) is 19.3 Å². The Balaban J connectivity index is 1.87. The summed E-state index contributed by atoms with van der Waals surface area (Å²) >= 11 is 0. The molecule has 0 spiro atoms. The van der Waals surface area contributed by atoms with E-state index in [4.69, 9.17) is 0 Å². The molecule has 0 aliphatic carbocycles. The Morgan fingerprint density at radius 3 is 2.32 bits per heavy atom. The lowest BCUT2D eigenvalue weighted by Crippen LogP contribution is -2.45. The van der Waals surface area contributed by atoms with Crippen LogP contribution in [0.2, 0.25) is 0 Å². The van der Waals surface area contributed by atoms with Crippen molar-refractivity contribution in [3.05, 3.63) is 47.5 Å². The number of carbonyl (C=O) groups excluding carboxylic acids is 2. The zero-order chi connectivity index (χ0) is 18.2. The van der Waals surface area contributed by atoms with Crippen molar-refractivity contribution in [1.29, 1.82) is 0 Å². The van der Waals surface area contributed by atoms with Crippen LogP contribution in [0.15, 0.2) is 30.5 Å². The molecule has 3 heterocycles. The molecule has 0 N–H and O–H groups in total. The molecule has 0 bridgehead atoms. The maximum absolute atomic E-state index is 13.0. The van der Waals surface area contributed by atoms with Gasteiger partial charge in [0.2, 0.25) is 0 Å². The molecule has 3 rings (SSSR count). The molecule has 0 radical (unpaired) electrons. The molecule has 0 unspecified atom stereocenters. The van der Waals surface area contributed by atoms with E-state index in [1.165, 1.54) is 10.0 Å². The van der Waals surface area contributed by atoms with Crippen LogP contribution in [0.25, 0.3) is 0 Å². The van der Waals surface area contributed by atoms with Crippen LogP contribution in [0.1, 0.15) is 53.9 Å². The van der Waals surface area contributed by atoms with Gasteiger partial charge in [-0.25, -0.2) is 10.0 Å². The van der Waals surface area contributed by atoms with E-state index in [2.05, 4.69) is 30.9 Å². The first-order chi connectivity index (χ1) is 11.8. The molecule has 0 saturated carbocycles. The first-order valence-corrected chi connectivity index (χ1v) is 8.38. The Morgan fingerprint density at radius 1 is 1.08 bits per heavy atom. The van der Waals surface area contributed by atoms with E-state index in [1.807, 2.05) is 6.07 Å². The van der Waals surface area contributed by atoms with Crippen molar-refractivity contribution in [2.24, 2.45) is 7.05 Å². The van der Waals surface area contributed by atoms with Crippen molar-refractivity contribution < 1.29 is 9.59 Å². The Bertz CT molecular complexity index is 792. The molecule has 7 nitrogen and oxygen atoms in total. The predicted octanol–water partition coefficient (Wildman–Crippen LogP) is 2.02. The van der Waals surface area contributed by atoms with Gasteiger partial charge in [0.25, 0.3) is 11.8 Å². The molecule has 0 atom stereocenters. The number of hydrogen-bond donors (Lipinski definition) is 0. The number of aromatic nitrogens is 3. The molecule has 0 aromatic carbocycles. The minimum atomic E-state index is -0.260. The van der Waals surface area contributed by atoms with Crippen molar-refractivity contribution in [3.8, 4) is 0 Å². The highest BCUT2D eigenvalue weighted by molar-refractivity contribution is 5.97. The summed E-state index contributed by atoms with van der Waals surface area (Å²) in [5.41, 5.74) is 1.51. The van der Waals surface area contributed by atoms with Crippen molar-refractivity contribution in [3.63, 3.8) is 0 Å². The molecule has 1 aliphatic rings. The van der Waals surface area contributed by atoms with Gasteiger partial charge in [0.15, 0.2) is 0 Å². The van der Waals surface area contributed by atoms with Gasteiger partial charge in [0, 0.05) is 31.7 Å². The topological polar surface area (TPSA) is 71.3 Å². The Morgan fingerprint density at radius 2 is 1.76 bits per heavy atom. The molecule has 132 valence electrons. The van der Waals surface area contributed by atoms with E-state index in [0.29, 0.717) is 24.5 Å². The first kappa shape index (κ1) is 17.1. The molecule has 2 amide bonds. The van der Waals surface area contributed by atoms with Gasteiger partial charge in [-0.2, -0.15) is 5.10 Å². The van der Waals surface area contributed by atoms with Gasteiger partial charge in [0.1, 0.15) is 11.4 Å². The van der Waals surface area contributed by atoms with Gasteiger partial charge in [-0.05, 0) is 24.6 Å². The molecule has 25 heavy (non-hydrogen) atoms. The molecule has 7 heteroatoms. The van der Waals surface area contributed by atoms with Gasteiger partial charge in [-0.15, -0.1) is 0 Å². The molecular formula is C18H23N5O2. The summed E-state index contributed by atoms with van der Waals surface area (Å²) in [5.74, 6) is -0.475. The highest BCUT2D eigenvalue weighted by Crippen LogP contribution is 2.23. The van der Waals surface area contributed by atoms with Crippen LogP contribution in [-0.2, 0) is 12.5 Å². The van der Waals surface area contributed by atoms with E-state index in [9.17, 15) is 9.59 Å². The second-order valence-electron chi connectivity index (χ2n) is 7.21. The molecule has 1 saturated heterocycles. The normalized spacial score (nSPS) is 14.9. The van der Waals surface area contributed by atoms with Gasteiger partial charge in [-0.1, -0.05) is 26.8 Å². The van der Waals surface area contributed by atoms with E-state index in [-0.39, 0.29) is 17.2 Å². The fourth-order valence-electron chi connectivity index (χ4n) is 2.82. The van der Waals surface area contributed by atoms with Crippen LogP contribution < -0.4 is 0 Å². The van der Waals surface area contributed by atoms with E-state index < -0.39 is 0 Å². The number of carbonyl (C=O) groups is 2. The third kappa shape index (κ3) is 3.26. The summed E-state index contributed by atoms with van der Waals surface area (Å²) in [7, 11) is 1.75. The Hall–Kier alpha value is -2.70. The van der Waals surface area contributed by atoms with E-state index in [0.717, 1.165) is 12.1 Å². The highest BCUT2D eigenvalue weighted by Gasteiger charge is 2.34. The zero-order valence-electron chi connectivity index (χ0n) is 15.1. The summed E-state index contributed by atoms with van der Waals surface area (Å²) in [4.78, 5) is 29.8. The lowest BCUT2D eigenvalue weighted by atomic mass is 9.92. The standard InChI is InChI=1S/C18H23N5O2/c1-18(2,3)15-12-14(21(4)20-15)17(25)23-11-7-10-22(23)16(24)13-8-5-6-9-19-13/h5-6,8-9,12H,7,10-11H2,1-4H3. The maximum Gasteiger partial charge on any atom is 0.291 e. The van der Waals surface area contributed by atoms with Gasteiger partial charge >= 0.3 is 0 Å². The number of amides is 2. The van der Waals surface area contributed by atoms with Crippen molar-refractivity contribution >= 4 is 11.8 Å². The molecule has 2 aromatic heterocycles. The van der Waals surface area contributed by atoms with Gasteiger partial charge < -0.3 is 0 Å². The maximum atomic E-state index is 13.0. The van der Waals surface area contributed by atoms with Crippen LogP contribution in [-0.4, -0.2) is 49.7 Å². The van der Waals surface area contributed by atoms with Crippen molar-refractivity contribution in [2.75, 3.05) is 13.1 Å². The smallest absolute Gasteiger partial charge is 0.265 e. The predicted molar refractivity (Wildman–Crippen MR) is 92.8 cm³/mol. The van der Waals surface area contributed by atoms with Crippen LogP contribution in [0.3, 0.4) is 0 Å². The van der Waals surface area contributed by atoms with Gasteiger partial charge in [0.05, 0.1) is 5.69 Å². The molecule has 1 aliphatic heterocycles. The third-order valence-electron chi connectivity index (χ3n) is 4.25. The lowest BCUT2D eigenvalue weighted by Gasteiger charge is -2.27. The summed E-state index contributed by atoms with van der Waals surface area (Å²) in [6, 6.07) is 6.99. The molecule has 2 aromatic rings. The first-order valence-electron chi connectivity index (χ1n) is 8.38. The number of aryl methyl sites for hydroxylation is 1.